The van der Waals surface area contributed by atoms with E-state index in [0.29, 0.717) is 19.3 Å². The maximum absolute atomic E-state index is 6.18. The Morgan fingerprint density at radius 3 is 2.32 bits per heavy atom. The van der Waals surface area contributed by atoms with Crippen LogP contribution in [0.2, 0.25) is 0 Å². The maximum atomic E-state index is 6.18. The maximum Gasteiger partial charge on any atom is 0.121 e. The molecule has 0 saturated carbocycles. The predicted octanol–water partition coefficient (Wildman–Crippen LogP) is 5.72. The Labute approximate surface area is 168 Å². The number of benzene rings is 2. The number of hydrogen-bond acceptors (Lipinski definition) is 3. The number of ether oxygens (including phenoxy) is 1. The van der Waals surface area contributed by atoms with Crippen LogP contribution < -0.4 is 0 Å². The molecule has 0 radical (unpaired) electrons. The van der Waals surface area contributed by atoms with Gasteiger partial charge in [0.15, 0.2) is 0 Å². The zero-order valence-electron chi connectivity index (χ0n) is 16.6. The fourth-order valence-corrected chi connectivity index (χ4v) is 4.18. The predicted molar refractivity (Wildman–Crippen MR) is 115 cm³/mol. The van der Waals surface area contributed by atoms with Crippen molar-refractivity contribution >= 4 is 5.84 Å². The second-order valence-corrected chi connectivity index (χ2v) is 7.62. The molecule has 0 bridgehead atoms. The Balaban J connectivity index is 1.73. The number of hydrogen-bond donors (Lipinski definition) is 0. The summed E-state index contributed by atoms with van der Waals surface area (Å²) in [6.07, 6.45) is 5.25. The average molecular weight is 373 g/mol. The average Bonchev–Trinajstić information content (AvgIpc) is 2.74. The van der Waals surface area contributed by atoms with Crippen LogP contribution in [0.15, 0.2) is 89.6 Å². The molecule has 0 N–H and O–H groups in total. The smallest absolute Gasteiger partial charge is 0.121 e. The lowest BCUT2D eigenvalue weighted by Crippen LogP contribution is -2.37. The van der Waals surface area contributed by atoms with Gasteiger partial charge in [0.05, 0.1) is 12.6 Å². The van der Waals surface area contributed by atoms with Crippen LogP contribution in [0.1, 0.15) is 43.4 Å². The van der Waals surface area contributed by atoms with Gasteiger partial charge in [-0.3, -0.25) is 0 Å². The summed E-state index contributed by atoms with van der Waals surface area (Å²) in [5.41, 5.74) is 5.04. The standard InChI is InChI=1S/C25H28N2O/c1-3-20-14-15-23-17-28-18-27(19(2)26-24(23)16-20)25(21-10-6-4-7-11-21)22-12-8-5-9-13-22/h3-13,20,25H,1,14-18H2,2H3. The van der Waals surface area contributed by atoms with Crippen LogP contribution >= 0.6 is 0 Å². The summed E-state index contributed by atoms with van der Waals surface area (Å²) >= 11 is 0. The van der Waals surface area contributed by atoms with Gasteiger partial charge in [-0.25, -0.2) is 4.99 Å². The molecule has 3 nitrogen and oxygen atoms in total. The molecule has 0 spiro atoms. The summed E-state index contributed by atoms with van der Waals surface area (Å²) in [4.78, 5) is 7.39. The van der Waals surface area contributed by atoms with Gasteiger partial charge in [0.25, 0.3) is 0 Å². The fraction of sp³-hybridized carbons (Fsp3) is 0.320. The summed E-state index contributed by atoms with van der Waals surface area (Å²) in [7, 11) is 0. The molecule has 2 aromatic carbocycles. The van der Waals surface area contributed by atoms with Crippen LogP contribution in [0.3, 0.4) is 0 Å². The van der Waals surface area contributed by atoms with Crippen molar-refractivity contribution in [2.75, 3.05) is 13.3 Å². The lowest BCUT2D eigenvalue weighted by molar-refractivity contribution is 0.0617. The van der Waals surface area contributed by atoms with E-state index >= 15 is 0 Å². The fourth-order valence-electron chi connectivity index (χ4n) is 4.18. The molecule has 144 valence electrons. The highest BCUT2D eigenvalue weighted by atomic mass is 16.5. The molecule has 0 aromatic heterocycles. The van der Waals surface area contributed by atoms with E-state index in [1.165, 1.54) is 22.4 Å². The van der Waals surface area contributed by atoms with Crippen LogP contribution in [-0.4, -0.2) is 24.1 Å². The molecule has 1 unspecified atom stereocenters. The second kappa shape index (κ2) is 8.57. The van der Waals surface area contributed by atoms with Crippen molar-refractivity contribution in [1.82, 2.24) is 4.90 Å². The third kappa shape index (κ3) is 3.95. The summed E-state index contributed by atoms with van der Waals surface area (Å²) in [5.74, 6) is 1.52. The normalized spacial score (nSPS) is 20.3. The quantitative estimate of drug-likeness (QED) is 0.641. The van der Waals surface area contributed by atoms with E-state index in [1.807, 2.05) is 0 Å². The van der Waals surface area contributed by atoms with Crippen LogP contribution in [0.25, 0.3) is 0 Å². The Kier molecular flexibility index (Phi) is 5.73. The molecule has 3 heteroatoms. The van der Waals surface area contributed by atoms with E-state index in [1.54, 1.807) is 0 Å². The third-order valence-electron chi connectivity index (χ3n) is 5.78. The number of aliphatic imine (C=N–C) groups is 1. The molecule has 28 heavy (non-hydrogen) atoms. The van der Waals surface area contributed by atoms with Crippen molar-refractivity contribution in [2.24, 2.45) is 10.9 Å². The highest BCUT2D eigenvalue weighted by molar-refractivity contribution is 5.82. The highest BCUT2D eigenvalue weighted by Gasteiger charge is 2.27. The second-order valence-electron chi connectivity index (χ2n) is 7.62. The van der Waals surface area contributed by atoms with Gasteiger partial charge >= 0.3 is 0 Å². The first kappa shape index (κ1) is 18.7. The Bertz CT molecular complexity index is 830. The van der Waals surface area contributed by atoms with Crippen molar-refractivity contribution < 1.29 is 4.74 Å². The Hall–Kier alpha value is -2.65. The van der Waals surface area contributed by atoms with Gasteiger partial charge in [-0.05, 0) is 48.8 Å². The third-order valence-corrected chi connectivity index (χ3v) is 5.78. The molecular weight excluding hydrogens is 344 g/mol. The molecule has 1 atom stereocenters. The number of allylic oxidation sites excluding steroid dienone is 2. The van der Waals surface area contributed by atoms with Crippen molar-refractivity contribution in [2.45, 2.75) is 32.2 Å². The molecule has 2 aliphatic rings. The van der Waals surface area contributed by atoms with Crippen LogP contribution in [0.5, 0.6) is 0 Å². The molecule has 0 saturated heterocycles. The first-order valence-corrected chi connectivity index (χ1v) is 10.1. The SMILES string of the molecule is C=CC1CCC2=C(C1)N=C(C)N(C(c1ccccc1)c1ccccc1)COC2. The van der Waals surface area contributed by atoms with Crippen LogP contribution in [0.4, 0.5) is 0 Å². The van der Waals surface area contributed by atoms with E-state index < -0.39 is 0 Å². The van der Waals surface area contributed by atoms with Gasteiger partial charge in [0.2, 0.25) is 0 Å². The van der Waals surface area contributed by atoms with Gasteiger partial charge < -0.3 is 9.64 Å². The van der Waals surface area contributed by atoms with Gasteiger partial charge in [-0.1, -0.05) is 66.7 Å². The largest absolute Gasteiger partial charge is 0.357 e. The summed E-state index contributed by atoms with van der Waals surface area (Å²) in [6.45, 7) is 7.30. The highest BCUT2D eigenvalue weighted by Crippen LogP contribution is 2.34. The van der Waals surface area contributed by atoms with Crippen molar-refractivity contribution in [3.05, 3.63) is 95.7 Å². The van der Waals surface area contributed by atoms with E-state index in [4.69, 9.17) is 9.73 Å². The van der Waals surface area contributed by atoms with Crippen molar-refractivity contribution in [3.63, 3.8) is 0 Å². The lowest BCUT2D eigenvalue weighted by Gasteiger charge is -2.36. The summed E-state index contributed by atoms with van der Waals surface area (Å²) in [6, 6.07) is 21.3. The van der Waals surface area contributed by atoms with Crippen LogP contribution in [-0.2, 0) is 4.74 Å². The first-order valence-electron chi connectivity index (χ1n) is 10.1. The van der Waals surface area contributed by atoms with Crippen molar-refractivity contribution in [1.29, 1.82) is 0 Å². The van der Waals surface area contributed by atoms with E-state index in [-0.39, 0.29) is 6.04 Å². The van der Waals surface area contributed by atoms with Gasteiger partial charge in [0, 0.05) is 5.70 Å². The molecule has 0 amide bonds. The number of rotatable bonds is 4. The van der Waals surface area contributed by atoms with E-state index in [9.17, 15) is 0 Å². The molecule has 0 fully saturated rings. The summed E-state index contributed by atoms with van der Waals surface area (Å²) in [5, 5.41) is 0. The zero-order valence-corrected chi connectivity index (χ0v) is 16.6. The Morgan fingerprint density at radius 1 is 1.07 bits per heavy atom. The van der Waals surface area contributed by atoms with Gasteiger partial charge in [0.1, 0.15) is 12.6 Å². The van der Waals surface area contributed by atoms with Gasteiger partial charge in [-0.2, -0.15) is 0 Å². The van der Waals surface area contributed by atoms with E-state index in [2.05, 4.69) is 85.1 Å². The molecule has 1 heterocycles. The minimum Gasteiger partial charge on any atom is -0.357 e. The van der Waals surface area contributed by atoms with Crippen LogP contribution in [0, 0.1) is 5.92 Å². The molecular formula is C25H28N2O. The zero-order chi connectivity index (χ0) is 19.3. The number of amidine groups is 1. The molecule has 1 aliphatic carbocycles. The number of nitrogens with zero attached hydrogens (tertiary/aromatic N) is 2. The van der Waals surface area contributed by atoms with Crippen molar-refractivity contribution in [3.8, 4) is 0 Å². The monoisotopic (exact) mass is 372 g/mol. The summed E-state index contributed by atoms with van der Waals surface area (Å²) < 4.78 is 6.18. The Morgan fingerprint density at radius 2 is 1.71 bits per heavy atom. The molecule has 4 rings (SSSR count). The molecule has 1 aliphatic heterocycles. The lowest BCUT2D eigenvalue weighted by atomic mass is 9.87. The van der Waals surface area contributed by atoms with E-state index in [0.717, 1.165) is 25.1 Å². The van der Waals surface area contributed by atoms with Gasteiger partial charge in [-0.15, -0.1) is 6.58 Å². The molecule has 2 aromatic rings. The minimum absolute atomic E-state index is 0.0760. The minimum atomic E-state index is 0.0760. The first-order chi connectivity index (χ1) is 13.8. The topological polar surface area (TPSA) is 24.8 Å².